The average Bonchev–Trinajstić information content (AvgIpc) is 1.95. The van der Waals surface area contributed by atoms with Crippen LogP contribution in [0.5, 0.6) is 0 Å². The van der Waals surface area contributed by atoms with Gasteiger partial charge in [0.25, 0.3) is 0 Å². The maximum atomic E-state index is 10.1. The maximum absolute atomic E-state index is 10.1. The summed E-state index contributed by atoms with van der Waals surface area (Å²) in [5.41, 5.74) is 0. The minimum atomic E-state index is -2.38. The predicted molar refractivity (Wildman–Crippen MR) is 49.1 cm³/mol. The first-order valence-corrected chi connectivity index (χ1v) is 5.55. The molecule has 0 amide bonds. The topological polar surface area (TPSA) is 46.5 Å². The van der Waals surface area contributed by atoms with Crippen LogP contribution in [-0.4, -0.2) is 11.5 Å². The van der Waals surface area contributed by atoms with Gasteiger partial charge < -0.3 is 0 Å². The van der Waals surface area contributed by atoms with Crippen LogP contribution in [0.4, 0.5) is 0 Å². The molecule has 1 atom stereocenters. The van der Waals surface area contributed by atoms with Crippen molar-refractivity contribution in [2.24, 2.45) is 5.92 Å². The normalized spacial score (nSPS) is 12.2. The molecule has 3 nitrogen and oxygen atoms in total. The summed E-state index contributed by atoms with van der Waals surface area (Å²) in [5, 5.41) is 0. The zero-order valence-corrected chi connectivity index (χ0v) is 8.72. The fourth-order valence-corrected chi connectivity index (χ4v) is 1.26. The van der Waals surface area contributed by atoms with Crippen molar-refractivity contribution in [3.8, 4) is 0 Å². The number of rotatable bonds is 7. The second-order valence-electron chi connectivity index (χ2n) is 3.31. The Kier molecular flexibility index (Phi) is 7.67. The van der Waals surface area contributed by atoms with E-state index < -0.39 is 8.25 Å². The highest BCUT2D eigenvalue weighted by Gasteiger charge is 2.09. The molecule has 0 aromatic carbocycles. The molecule has 0 radical (unpaired) electrons. The van der Waals surface area contributed by atoms with Crippen molar-refractivity contribution in [2.75, 3.05) is 6.61 Å². The lowest BCUT2D eigenvalue weighted by Crippen LogP contribution is -1.90. The van der Waals surface area contributed by atoms with Crippen LogP contribution in [0.15, 0.2) is 0 Å². The lowest BCUT2D eigenvalue weighted by atomic mass is 10.1. The Morgan fingerprint density at radius 2 is 2.00 bits per heavy atom. The van der Waals surface area contributed by atoms with Crippen LogP contribution in [0.3, 0.4) is 0 Å². The second kappa shape index (κ2) is 7.66. The van der Waals surface area contributed by atoms with Gasteiger partial charge in [-0.3, -0.25) is 0 Å². The quantitative estimate of drug-likeness (QED) is 0.499. The van der Waals surface area contributed by atoms with Gasteiger partial charge in [0, 0.05) is 4.57 Å². The van der Waals surface area contributed by atoms with E-state index in [2.05, 4.69) is 18.4 Å². The van der Waals surface area contributed by atoms with Crippen molar-refractivity contribution in [1.82, 2.24) is 0 Å². The highest BCUT2D eigenvalue weighted by molar-refractivity contribution is 7.32. The molecule has 1 unspecified atom stereocenters. The average molecular weight is 193 g/mol. The zero-order valence-electron chi connectivity index (χ0n) is 7.82. The highest BCUT2D eigenvalue weighted by atomic mass is 31.1. The predicted octanol–water partition coefficient (Wildman–Crippen LogP) is 2.87. The molecule has 0 rings (SSSR count). The molecule has 0 aromatic rings. The third-order valence-electron chi connectivity index (χ3n) is 1.63. The van der Waals surface area contributed by atoms with E-state index >= 15 is 0 Å². The first-order valence-electron chi connectivity index (χ1n) is 4.42. The van der Waals surface area contributed by atoms with E-state index in [1.165, 1.54) is 12.8 Å². The SMILES string of the molecule is CC(C)CCCCCO[P+](=O)O. The van der Waals surface area contributed by atoms with Gasteiger partial charge in [-0.05, 0) is 12.3 Å². The molecule has 0 aliphatic heterocycles. The Hall–Kier alpha value is 0.0200. The van der Waals surface area contributed by atoms with E-state index in [1.807, 2.05) is 0 Å². The molecular formula is C8H18O3P+. The molecule has 0 saturated heterocycles. The van der Waals surface area contributed by atoms with Crippen LogP contribution in [-0.2, 0) is 9.09 Å². The summed E-state index contributed by atoms with van der Waals surface area (Å²) in [7, 11) is -2.38. The largest absolute Gasteiger partial charge is 0.694 e. The Labute approximate surface area is 75.1 Å². The summed E-state index contributed by atoms with van der Waals surface area (Å²) in [6.07, 6.45) is 4.38. The fourth-order valence-electron chi connectivity index (χ4n) is 0.974. The Bertz CT molecular complexity index is 125. The smallest absolute Gasteiger partial charge is 0.133 e. The van der Waals surface area contributed by atoms with Crippen LogP contribution in [0.2, 0.25) is 0 Å². The third-order valence-corrected chi connectivity index (χ3v) is 2.03. The van der Waals surface area contributed by atoms with Crippen LogP contribution in [0, 0.1) is 5.92 Å². The van der Waals surface area contributed by atoms with E-state index in [9.17, 15) is 4.57 Å². The standard InChI is InChI=1S/C8H17O3P/c1-8(2)6-4-3-5-7-11-12(9)10/h8H,3-7H2,1-2H3/p+1. The van der Waals surface area contributed by atoms with Gasteiger partial charge in [-0.25, -0.2) is 0 Å². The monoisotopic (exact) mass is 193 g/mol. The van der Waals surface area contributed by atoms with E-state index in [0.717, 1.165) is 18.8 Å². The van der Waals surface area contributed by atoms with Gasteiger partial charge in [0.05, 0.1) is 0 Å². The molecule has 0 saturated carbocycles. The molecule has 1 N–H and O–H groups in total. The van der Waals surface area contributed by atoms with E-state index in [1.54, 1.807) is 0 Å². The van der Waals surface area contributed by atoms with Gasteiger partial charge in [0.15, 0.2) is 0 Å². The fraction of sp³-hybridized carbons (Fsp3) is 1.00. The molecule has 0 aromatic heterocycles. The summed E-state index contributed by atoms with van der Waals surface area (Å²) in [5.74, 6) is 0.750. The molecule has 0 bridgehead atoms. The summed E-state index contributed by atoms with van der Waals surface area (Å²) in [6.45, 7) is 4.80. The second-order valence-corrected chi connectivity index (χ2v) is 4.05. The highest BCUT2D eigenvalue weighted by Crippen LogP contribution is 2.15. The summed E-state index contributed by atoms with van der Waals surface area (Å²) in [4.78, 5) is 8.28. The molecule has 0 aliphatic carbocycles. The Morgan fingerprint density at radius 1 is 1.33 bits per heavy atom. The van der Waals surface area contributed by atoms with E-state index in [4.69, 9.17) is 4.89 Å². The lowest BCUT2D eigenvalue weighted by Gasteiger charge is -2.01. The van der Waals surface area contributed by atoms with Crippen molar-refractivity contribution < 1.29 is 14.0 Å². The van der Waals surface area contributed by atoms with Crippen molar-refractivity contribution in [3.05, 3.63) is 0 Å². The molecule has 4 heteroatoms. The van der Waals surface area contributed by atoms with E-state index in [0.29, 0.717) is 6.61 Å². The van der Waals surface area contributed by atoms with E-state index in [-0.39, 0.29) is 0 Å². The molecule has 12 heavy (non-hydrogen) atoms. The molecule has 0 heterocycles. The summed E-state index contributed by atoms with van der Waals surface area (Å²) in [6, 6.07) is 0. The van der Waals surface area contributed by atoms with Crippen LogP contribution >= 0.6 is 8.25 Å². The van der Waals surface area contributed by atoms with Crippen LogP contribution in [0.1, 0.15) is 39.5 Å². The van der Waals surface area contributed by atoms with Gasteiger partial charge in [-0.2, -0.15) is 0 Å². The Morgan fingerprint density at radius 3 is 2.50 bits per heavy atom. The number of unbranched alkanes of at least 4 members (excludes halogenated alkanes) is 2. The zero-order chi connectivity index (χ0) is 9.40. The number of hydrogen-bond donors (Lipinski definition) is 1. The third kappa shape index (κ3) is 10.0. The first kappa shape index (κ1) is 12.0. The van der Waals surface area contributed by atoms with Gasteiger partial charge in [0.1, 0.15) is 6.61 Å². The molecule has 0 fully saturated rings. The summed E-state index contributed by atoms with van der Waals surface area (Å²) < 4.78 is 14.6. The molecule has 72 valence electrons. The lowest BCUT2D eigenvalue weighted by molar-refractivity contribution is 0.272. The molecule has 0 aliphatic rings. The van der Waals surface area contributed by atoms with Gasteiger partial charge in [-0.15, -0.1) is 9.42 Å². The van der Waals surface area contributed by atoms with Crippen molar-refractivity contribution in [1.29, 1.82) is 0 Å². The van der Waals surface area contributed by atoms with Crippen molar-refractivity contribution >= 4 is 8.25 Å². The molecular weight excluding hydrogens is 175 g/mol. The van der Waals surface area contributed by atoms with Crippen LogP contribution < -0.4 is 0 Å². The maximum Gasteiger partial charge on any atom is 0.694 e. The summed E-state index contributed by atoms with van der Waals surface area (Å²) >= 11 is 0. The van der Waals surface area contributed by atoms with Crippen molar-refractivity contribution in [3.63, 3.8) is 0 Å². The van der Waals surface area contributed by atoms with Crippen LogP contribution in [0.25, 0.3) is 0 Å². The van der Waals surface area contributed by atoms with Gasteiger partial charge in [0.2, 0.25) is 0 Å². The minimum Gasteiger partial charge on any atom is -0.133 e. The first-order chi connectivity index (χ1) is 5.63. The van der Waals surface area contributed by atoms with Gasteiger partial charge >= 0.3 is 8.25 Å². The van der Waals surface area contributed by atoms with Gasteiger partial charge in [-0.1, -0.05) is 33.1 Å². The minimum absolute atomic E-state index is 0.407. The number of hydrogen-bond acceptors (Lipinski definition) is 2. The van der Waals surface area contributed by atoms with Crippen molar-refractivity contribution in [2.45, 2.75) is 39.5 Å². The Balaban J connectivity index is 2.96. The molecule has 0 spiro atoms.